The lowest BCUT2D eigenvalue weighted by atomic mass is 10.2. The maximum absolute atomic E-state index is 4.70. The van der Waals surface area contributed by atoms with Crippen LogP contribution in [0.25, 0.3) is 0 Å². The van der Waals surface area contributed by atoms with Gasteiger partial charge in [0.05, 0.1) is 0 Å². The van der Waals surface area contributed by atoms with Crippen LogP contribution in [0.15, 0.2) is 36.8 Å². The molecule has 0 radical (unpaired) electrons. The minimum Gasteiger partial charge on any atom is -0.359 e. The third-order valence-electron chi connectivity index (χ3n) is 3.89. The molecule has 0 unspecified atom stereocenters. The Kier molecular flexibility index (Phi) is 4.28. The fraction of sp³-hybridized carbons (Fsp3) is 0.438. The van der Waals surface area contributed by atoms with Crippen LogP contribution in [0.2, 0.25) is 0 Å². The van der Waals surface area contributed by atoms with E-state index < -0.39 is 0 Å². The molecule has 0 saturated carbocycles. The Labute approximate surface area is 125 Å². The van der Waals surface area contributed by atoms with Crippen molar-refractivity contribution in [3.05, 3.63) is 42.4 Å². The standard InChI is InChI=1S/C16H21N5/c1-20(13-7-14-4-8-17-9-5-14)15-6-10-18-16(19-15)21-11-2-3-12-21/h4-6,8-10H,2-3,7,11-13H2,1H3. The Balaban J connectivity index is 1.64. The monoisotopic (exact) mass is 283 g/mol. The van der Waals surface area contributed by atoms with E-state index in [2.05, 4.69) is 38.9 Å². The van der Waals surface area contributed by atoms with Gasteiger partial charge in [-0.3, -0.25) is 4.98 Å². The molecule has 0 atom stereocenters. The summed E-state index contributed by atoms with van der Waals surface area (Å²) in [7, 11) is 2.08. The van der Waals surface area contributed by atoms with Gasteiger partial charge < -0.3 is 9.80 Å². The Morgan fingerprint density at radius 3 is 2.62 bits per heavy atom. The number of rotatable bonds is 5. The maximum Gasteiger partial charge on any atom is 0.227 e. The lowest BCUT2D eigenvalue weighted by Gasteiger charge is -2.21. The average Bonchev–Trinajstić information content (AvgIpc) is 3.08. The highest BCUT2D eigenvalue weighted by molar-refractivity contribution is 5.43. The highest BCUT2D eigenvalue weighted by atomic mass is 15.3. The van der Waals surface area contributed by atoms with Crippen molar-refractivity contribution >= 4 is 11.8 Å². The van der Waals surface area contributed by atoms with Crippen molar-refractivity contribution in [2.24, 2.45) is 0 Å². The van der Waals surface area contributed by atoms with Crippen molar-refractivity contribution in [2.45, 2.75) is 19.3 Å². The highest BCUT2D eigenvalue weighted by Crippen LogP contribution is 2.18. The zero-order valence-electron chi connectivity index (χ0n) is 12.4. The molecule has 0 aliphatic carbocycles. The quantitative estimate of drug-likeness (QED) is 0.841. The van der Waals surface area contributed by atoms with Gasteiger partial charge in [0.15, 0.2) is 0 Å². The first kappa shape index (κ1) is 13.8. The molecule has 0 N–H and O–H groups in total. The Morgan fingerprint density at radius 2 is 1.86 bits per heavy atom. The van der Waals surface area contributed by atoms with Gasteiger partial charge in [-0.05, 0) is 43.0 Å². The zero-order chi connectivity index (χ0) is 14.5. The molecule has 0 aromatic carbocycles. The van der Waals surface area contributed by atoms with Crippen LogP contribution in [0.3, 0.4) is 0 Å². The molecule has 0 bridgehead atoms. The van der Waals surface area contributed by atoms with Crippen molar-refractivity contribution in [1.29, 1.82) is 0 Å². The lowest BCUT2D eigenvalue weighted by molar-refractivity contribution is 0.838. The Hall–Kier alpha value is -2.17. The third kappa shape index (κ3) is 3.48. The molecule has 0 amide bonds. The van der Waals surface area contributed by atoms with E-state index in [-0.39, 0.29) is 0 Å². The summed E-state index contributed by atoms with van der Waals surface area (Å²) >= 11 is 0. The van der Waals surface area contributed by atoms with Gasteiger partial charge in [0.1, 0.15) is 5.82 Å². The average molecular weight is 283 g/mol. The summed E-state index contributed by atoms with van der Waals surface area (Å²) in [5, 5.41) is 0. The topological polar surface area (TPSA) is 45.2 Å². The van der Waals surface area contributed by atoms with Crippen LogP contribution in [-0.4, -0.2) is 41.6 Å². The van der Waals surface area contributed by atoms with Crippen LogP contribution < -0.4 is 9.80 Å². The smallest absolute Gasteiger partial charge is 0.227 e. The maximum atomic E-state index is 4.70. The highest BCUT2D eigenvalue weighted by Gasteiger charge is 2.15. The summed E-state index contributed by atoms with van der Waals surface area (Å²) in [5.41, 5.74) is 1.30. The zero-order valence-corrected chi connectivity index (χ0v) is 12.4. The molecule has 1 aliphatic heterocycles. The molecule has 0 spiro atoms. The van der Waals surface area contributed by atoms with E-state index in [1.807, 2.05) is 24.7 Å². The number of hydrogen-bond donors (Lipinski definition) is 0. The largest absolute Gasteiger partial charge is 0.359 e. The van der Waals surface area contributed by atoms with E-state index in [4.69, 9.17) is 4.98 Å². The molecule has 110 valence electrons. The van der Waals surface area contributed by atoms with E-state index in [9.17, 15) is 0 Å². The van der Waals surface area contributed by atoms with E-state index in [1.165, 1.54) is 18.4 Å². The number of pyridine rings is 1. The second-order valence-corrected chi connectivity index (χ2v) is 5.44. The molecule has 2 aromatic heterocycles. The second-order valence-electron chi connectivity index (χ2n) is 5.44. The van der Waals surface area contributed by atoms with E-state index in [0.717, 1.165) is 37.8 Å². The lowest BCUT2D eigenvalue weighted by Crippen LogP contribution is -2.24. The molecule has 1 fully saturated rings. The fourth-order valence-electron chi connectivity index (χ4n) is 2.58. The molecule has 3 rings (SSSR count). The Bertz CT molecular complexity index is 566. The molecule has 1 aliphatic rings. The first-order valence-electron chi connectivity index (χ1n) is 7.51. The summed E-state index contributed by atoms with van der Waals surface area (Å²) in [6.45, 7) is 3.08. The van der Waals surface area contributed by atoms with Crippen molar-refractivity contribution in [3.63, 3.8) is 0 Å². The minimum absolute atomic E-state index is 0.862. The van der Waals surface area contributed by atoms with E-state index in [1.54, 1.807) is 0 Å². The van der Waals surface area contributed by atoms with Gasteiger partial charge >= 0.3 is 0 Å². The van der Waals surface area contributed by atoms with Crippen molar-refractivity contribution in [2.75, 3.05) is 36.5 Å². The van der Waals surface area contributed by atoms with E-state index >= 15 is 0 Å². The van der Waals surface area contributed by atoms with Crippen molar-refractivity contribution in [3.8, 4) is 0 Å². The molecule has 5 nitrogen and oxygen atoms in total. The van der Waals surface area contributed by atoms with Crippen LogP contribution in [0.4, 0.5) is 11.8 Å². The van der Waals surface area contributed by atoms with Gasteiger partial charge in [0.25, 0.3) is 0 Å². The summed E-state index contributed by atoms with van der Waals surface area (Å²) in [4.78, 5) is 17.6. The van der Waals surface area contributed by atoms with Crippen LogP contribution >= 0.6 is 0 Å². The Morgan fingerprint density at radius 1 is 1.10 bits per heavy atom. The molecule has 21 heavy (non-hydrogen) atoms. The molecule has 1 saturated heterocycles. The predicted molar refractivity (Wildman–Crippen MR) is 84.7 cm³/mol. The van der Waals surface area contributed by atoms with E-state index in [0.29, 0.717) is 0 Å². The number of hydrogen-bond acceptors (Lipinski definition) is 5. The van der Waals surface area contributed by atoms with Gasteiger partial charge in [-0.15, -0.1) is 0 Å². The molecule has 5 heteroatoms. The van der Waals surface area contributed by atoms with Gasteiger partial charge in [0, 0.05) is 45.3 Å². The number of likely N-dealkylation sites (N-methyl/N-ethyl adjacent to an activating group) is 1. The van der Waals surface area contributed by atoms with Crippen LogP contribution in [0.1, 0.15) is 18.4 Å². The fourth-order valence-corrected chi connectivity index (χ4v) is 2.58. The molecule has 3 heterocycles. The summed E-state index contributed by atoms with van der Waals surface area (Å²) in [6.07, 6.45) is 9.01. The van der Waals surface area contributed by atoms with Crippen LogP contribution in [0.5, 0.6) is 0 Å². The summed E-state index contributed by atoms with van der Waals surface area (Å²) < 4.78 is 0. The SMILES string of the molecule is CN(CCc1ccncc1)c1ccnc(N2CCCC2)n1. The number of anilines is 2. The van der Waals surface area contributed by atoms with Gasteiger partial charge in [-0.25, -0.2) is 4.98 Å². The normalized spacial score (nSPS) is 14.4. The van der Waals surface area contributed by atoms with Gasteiger partial charge in [-0.1, -0.05) is 0 Å². The van der Waals surface area contributed by atoms with Gasteiger partial charge in [-0.2, -0.15) is 4.98 Å². The predicted octanol–water partition coefficient (Wildman–Crippen LogP) is 2.15. The second kappa shape index (κ2) is 6.52. The third-order valence-corrected chi connectivity index (χ3v) is 3.89. The minimum atomic E-state index is 0.862. The van der Waals surface area contributed by atoms with Crippen molar-refractivity contribution in [1.82, 2.24) is 15.0 Å². The van der Waals surface area contributed by atoms with Crippen LogP contribution in [-0.2, 0) is 6.42 Å². The van der Waals surface area contributed by atoms with Crippen molar-refractivity contribution < 1.29 is 0 Å². The number of aromatic nitrogens is 3. The number of nitrogens with zero attached hydrogens (tertiary/aromatic N) is 5. The molecular formula is C16H21N5. The van der Waals surface area contributed by atoms with Crippen LogP contribution in [0, 0.1) is 0 Å². The molecular weight excluding hydrogens is 262 g/mol. The first-order chi connectivity index (χ1) is 10.3. The van der Waals surface area contributed by atoms with Gasteiger partial charge in [0.2, 0.25) is 5.95 Å². The summed E-state index contributed by atoms with van der Waals surface area (Å²) in [6, 6.07) is 6.10. The molecule has 2 aromatic rings. The first-order valence-corrected chi connectivity index (χ1v) is 7.51. The summed E-state index contributed by atoms with van der Waals surface area (Å²) in [5.74, 6) is 1.85.